The normalized spacial score (nSPS) is 10.9. The van der Waals surface area contributed by atoms with Crippen LogP contribution in [0.5, 0.6) is 0 Å². The fourth-order valence-corrected chi connectivity index (χ4v) is 2.51. The van der Waals surface area contributed by atoms with E-state index in [4.69, 9.17) is 4.98 Å². The van der Waals surface area contributed by atoms with E-state index in [2.05, 4.69) is 33.8 Å². The van der Waals surface area contributed by atoms with Gasteiger partial charge in [0.1, 0.15) is 11.3 Å². The standard InChI is InChI=1S/C18H13N3/c1-3-8-14(9-4-1)17-20-16-12-7-13-19-18(16)21(17)15-10-5-2-6-11-15/h1-13H. The predicted molar refractivity (Wildman–Crippen MR) is 84.3 cm³/mol. The summed E-state index contributed by atoms with van der Waals surface area (Å²) in [5.41, 5.74) is 3.93. The van der Waals surface area contributed by atoms with Crippen LogP contribution in [-0.4, -0.2) is 14.5 Å². The minimum Gasteiger partial charge on any atom is -0.277 e. The molecule has 4 aromatic rings. The Morgan fingerprint density at radius 2 is 1.43 bits per heavy atom. The number of pyridine rings is 1. The van der Waals surface area contributed by atoms with E-state index >= 15 is 0 Å². The summed E-state index contributed by atoms with van der Waals surface area (Å²) in [6.07, 6.45) is 1.80. The molecule has 0 saturated carbocycles. The van der Waals surface area contributed by atoms with Crippen LogP contribution in [0.1, 0.15) is 0 Å². The van der Waals surface area contributed by atoms with Gasteiger partial charge in [0.2, 0.25) is 0 Å². The highest BCUT2D eigenvalue weighted by Gasteiger charge is 2.14. The Kier molecular flexibility index (Phi) is 2.75. The number of fused-ring (bicyclic) bond motifs is 1. The molecule has 21 heavy (non-hydrogen) atoms. The highest BCUT2D eigenvalue weighted by atomic mass is 15.1. The van der Waals surface area contributed by atoms with E-state index in [1.54, 1.807) is 6.20 Å². The van der Waals surface area contributed by atoms with Crippen molar-refractivity contribution in [3.63, 3.8) is 0 Å². The van der Waals surface area contributed by atoms with Crippen molar-refractivity contribution in [2.24, 2.45) is 0 Å². The third-order valence-electron chi connectivity index (χ3n) is 3.46. The maximum atomic E-state index is 4.76. The van der Waals surface area contributed by atoms with Crippen molar-refractivity contribution in [2.75, 3.05) is 0 Å². The Hall–Kier alpha value is -2.94. The Morgan fingerprint density at radius 1 is 0.714 bits per heavy atom. The number of imidazole rings is 1. The lowest BCUT2D eigenvalue weighted by molar-refractivity contribution is 1.08. The Morgan fingerprint density at radius 3 is 2.19 bits per heavy atom. The molecule has 0 atom stereocenters. The molecule has 0 aliphatic rings. The van der Waals surface area contributed by atoms with E-state index in [-0.39, 0.29) is 0 Å². The van der Waals surface area contributed by atoms with Crippen LogP contribution < -0.4 is 0 Å². The van der Waals surface area contributed by atoms with Crippen LogP contribution in [0.25, 0.3) is 28.2 Å². The zero-order chi connectivity index (χ0) is 14.1. The summed E-state index contributed by atoms with van der Waals surface area (Å²) in [5, 5.41) is 0. The molecule has 0 spiro atoms. The van der Waals surface area contributed by atoms with E-state index in [0.29, 0.717) is 0 Å². The monoisotopic (exact) mass is 271 g/mol. The zero-order valence-corrected chi connectivity index (χ0v) is 11.3. The van der Waals surface area contributed by atoms with Crippen molar-refractivity contribution in [3.05, 3.63) is 79.0 Å². The van der Waals surface area contributed by atoms with E-state index in [0.717, 1.165) is 28.2 Å². The number of aromatic nitrogens is 3. The second kappa shape index (κ2) is 4.87. The molecule has 0 amide bonds. The van der Waals surface area contributed by atoms with Crippen LogP contribution in [0.4, 0.5) is 0 Å². The lowest BCUT2D eigenvalue weighted by Gasteiger charge is -2.08. The molecule has 0 radical (unpaired) electrons. The number of rotatable bonds is 2. The number of para-hydroxylation sites is 1. The topological polar surface area (TPSA) is 30.7 Å². The van der Waals surface area contributed by atoms with Gasteiger partial charge in [-0.25, -0.2) is 9.97 Å². The number of nitrogens with zero attached hydrogens (tertiary/aromatic N) is 3. The van der Waals surface area contributed by atoms with Gasteiger partial charge in [0.25, 0.3) is 0 Å². The average molecular weight is 271 g/mol. The second-order valence-electron chi connectivity index (χ2n) is 4.82. The molecule has 0 fully saturated rings. The summed E-state index contributed by atoms with van der Waals surface area (Å²) in [4.78, 5) is 9.26. The third kappa shape index (κ3) is 1.99. The van der Waals surface area contributed by atoms with Crippen molar-refractivity contribution >= 4 is 11.2 Å². The SMILES string of the molecule is c1ccc(-c2nc3cccnc3n2-c2ccccc2)cc1. The molecule has 2 heterocycles. The number of hydrogen-bond acceptors (Lipinski definition) is 2. The van der Waals surface area contributed by atoms with E-state index in [1.165, 1.54) is 0 Å². The first-order chi connectivity index (χ1) is 10.4. The molecule has 0 aliphatic heterocycles. The highest BCUT2D eigenvalue weighted by Crippen LogP contribution is 2.26. The van der Waals surface area contributed by atoms with Crippen LogP contribution in [0, 0.1) is 0 Å². The maximum Gasteiger partial charge on any atom is 0.164 e. The Bertz CT molecular complexity index is 880. The molecular formula is C18H13N3. The molecule has 2 aromatic heterocycles. The van der Waals surface area contributed by atoms with Crippen molar-refractivity contribution < 1.29 is 0 Å². The highest BCUT2D eigenvalue weighted by molar-refractivity contribution is 5.79. The summed E-state index contributed by atoms with van der Waals surface area (Å²) < 4.78 is 2.10. The summed E-state index contributed by atoms with van der Waals surface area (Å²) in [6, 6.07) is 24.3. The zero-order valence-electron chi connectivity index (χ0n) is 11.3. The van der Waals surface area contributed by atoms with Gasteiger partial charge in [0, 0.05) is 17.4 Å². The van der Waals surface area contributed by atoms with Gasteiger partial charge in [0.15, 0.2) is 5.65 Å². The Labute approximate surface area is 122 Å². The molecule has 3 heteroatoms. The summed E-state index contributed by atoms with van der Waals surface area (Å²) >= 11 is 0. The molecule has 4 rings (SSSR count). The first-order valence-corrected chi connectivity index (χ1v) is 6.88. The minimum atomic E-state index is 0.877. The van der Waals surface area contributed by atoms with Crippen LogP contribution >= 0.6 is 0 Å². The fraction of sp³-hybridized carbons (Fsp3) is 0. The van der Waals surface area contributed by atoms with Gasteiger partial charge in [0.05, 0.1) is 0 Å². The summed E-state index contributed by atoms with van der Waals surface area (Å²) in [5.74, 6) is 0.913. The van der Waals surface area contributed by atoms with Crippen LogP contribution in [0.2, 0.25) is 0 Å². The summed E-state index contributed by atoms with van der Waals surface area (Å²) in [6.45, 7) is 0. The third-order valence-corrected chi connectivity index (χ3v) is 3.46. The van der Waals surface area contributed by atoms with Crippen molar-refractivity contribution in [1.82, 2.24) is 14.5 Å². The minimum absolute atomic E-state index is 0.877. The maximum absolute atomic E-state index is 4.76. The van der Waals surface area contributed by atoms with Crippen molar-refractivity contribution in [1.29, 1.82) is 0 Å². The molecule has 0 unspecified atom stereocenters. The van der Waals surface area contributed by atoms with Gasteiger partial charge >= 0.3 is 0 Å². The van der Waals surface area contributed by atoms with E-state index < -0.39 is 0 Å². The van der Waals surface area contributed by atoms with Gasteiger partial charge in [-0.2, -0.15) is 0 Å². The lowest BCUT2D eigenvalue weighted by atomic mass is 10.2. The lowest BCUT2D eigenvalue weighted by Crippen LogP contribution is -1.98. The van der Waals surface area contributed by atoms with E-state index in [9.17, 15) is 0 Å². The predicted octanol–water partition coefficient (Wildman–Crippen LogP) is 4.09. The number of benzene rings is 2. The molecule has 3 nitrogen and oxygen atoms in total. The molecule has 0 N–H and O–H groups in total. The van der Waals surface area contributed by atoms with Crippen molar-refractivity contribution in [2.45, 2.75) is 0 Å². The largest absolute Gasteiger partial charge is 0.277 e. The summed E-state index contributed by atoms with van der Waals surface area (Å²) in [7, 11) is 0. The fourth-order valence-electron chi connectivity index (χ4n) is 2.51. The smallest absolute Gasteiger partial charge is 0.164 e. The van der Waals surface area contributed by atoms with Gasteiger partial charge in [-0.1, -0.05) is 48.5 Å². The average Bonchev–Trinajstić information content (AvgIpc) is 2.96. The van der Waals surface area contributed by atoms with Crippen molar-refractivity contribution in [3.8, 4) is 17.1 Å². The number of hydrogen-bond donors (Lipinski definition) is 0. The van der Waals surface area contributed by atoms with Gasteiger partial charge in [-0.15, -0.1) is 0 Å². The molecule has 0 bridgehead atoms. The van der Waals surface area contributed by atoms with Crippen LogP contribution in [0.15, 0.2) is 79.0 Å². The van der Waals surface area contributed by atoms with Crippen LogP contribution in [-0.2, 0) is 0 Å². The Balaban J connectivity index is 2.07. The second-order valence-corrected chi connectivity index (χ2v) is 4.82. The molecule has 0 saturated heterocycles. The van der Waals surface area contributed by atoms with Crippen LogP contribution in [0.3, 0.4) is 0 Å². The van der Waals surface area contributed by atoms with Gasteiger partial charge in [-0.3, -0.25) is 4.57 Å². The first-order valence-electron chi connectivity index (χ1n) is 6.88. The molecule has 0 aliphatic carbocycles. The first kappa shape index (κ1) is 11.9. The van der Waals surface area contributed by atoms with Gasteiger partial charge < -0.3 is 0 Å². The quantitative estimate of drug-likeness (QED) is 0.550. The molecular weight excluding hydrogens is 258 g/mol. The molecule has 2 aromatic carbocycles. The van der Waals surface area contributed by atoms with E-state index in [1.807, 2.05) is 48.5 Å². The molecule has 100 valence electrons. The van der Waals surface area contributed by atoms with Gasteiger partial charge in [-0.05, 0) is 24.3 Å².